The molecule has 2 atom stereocenters. The lowest BCUT2D eigenvalue weighted by Crippen LogP contribution is -2.42. The first-order chi connectivity index (χ1) is 17.2. The van der Waals surface area contributed by atoms with Gasteiger partial charge in [-0.3, -0.25) is 0 Å². The van der Waals surface area contributed by atoms with E-state index in [1.165, 1.54) is 18.5 Å². The summed E-state index contributed by atoms with van der Waals surface area (Å²) in [5.74, 6) is -0.181. The number of ether oxygens (including phenoxy) is 2. The molecule has 188 valence electrons. The van der Waals surface area contributed by atoms with Gasteiger partial charge < -0.3 is 14.6 Å². The summed E-state index contributed by atoms with van der Waals surface area (Å²) in [6.07, 6.45) is 1.81. The second-order valence-electron chi connectivity index (χ2n) is 8.79. The molecule has 1 heterocycles. The van der Waals surface area contributed by atoms with Crippen molar-refractivity contribution < 1.29 is 27.8 Å². The molecule has 0 amide bonds. The van der Waals surface area contributed by atoms with Crippen molar-refractivity contribution in [1.29, 1.82) is 0 Å². The minimum absolute atomic E-state index is 0.0197. The predicted molar refractivity (Wildman–Crippen MR) is 137 cm³/mol. The fourth-order valence-electron chi connectivity index (χ4n) is 4.53. The number of carboxylic acids is 1. The summed E-state index contributed by atoms with van der Waals surface area (Å²) in [5, 5.41) is 10.1. The van der Waals surface area contributed by atoms with Crippen molar-refractivity contribution in [3.63, 3.8) is 0 Å². The van der Waals surface area contributed by atoms with Crippen molar-refractivity contribution in [1.82, 2.24) is 4.31 Å². The molecule has 1 aliphatic heterocycles. The van der Waals surface area contributed by atoms with Crippen molar-refractivity contribution in [2.45, 2.75) is 37.2 Å². The van der Waals surface area contributed by atoms with Crippen LogP contribution in [0.15, 0.2) is 83.3 Å². The van der Waals surface area contributed by atoms with E-state index >= 15 is 0 Å². The number of sulfonamides is 1. The number of carbonyl (C=O) groups is 1. The van der Waals surface area contributed by atoms with Gasteiger partial charge in [-0.1, -0.05) is 59.7 Å². The van der Waals surface area contributed by atoms with Crippen molar-refractivity contribution in [2.75, 3.05) is 14.2 Å². The molecule has 0 aliphatic carbocycles. The maximum atomic E-state index is 14.2. The Morgan fingerprint density at radius 3 is 1.97 bits per heavy atom. The molecule has 8 heteroatoms. The van der Waals surface area contributed by atoms with Gasteiger partial charge >= 0.3 is 5.97 Å². The molecule has 36 heavy (non-hydrogen) atoms. The fraction of sp³-hybridized carbons (Fsp3) is 0.250. The number of carboxylic acid groups (broad SMARTS) is 1. The topological polar surface area (TPSA) is 93.1 Å². The van der Waals surface area contributed by atoms with Crippen LogP contribution >= 0.6 is 0 Å². The summed E-state index contributed by atoms with van der Waals surface area (Å²) in [5.41, 5.74) is 3.17. The molecule has 0 aromatic heterocycles. The number of methoxy groups -OCH3 is 2. The van der Waals surface area contributed by atoms with Crippen LogP contribution in [0.4, 0.5) is 0 Å². The van der Waals surface area contributed by atoms with E-state index < -0.39 is 28.1 Å². The zero-order valence-electron chi connectivity index (χ0n) is 20.6. The molecule has 0 fully saturated rings. The lowest BCUT2D eigenvalue weighted by Gasteiger charge is -2.40. The van der Waals surface area contributed by atoms with Gasteiger partial charge in [0.05, 0.1) is 36.8 Å². The molecule has 3 aromatic carbocycles. The molecule has 0 unspecified atom stereocenters. The average molecular weight is 508 g/mol. The SMILES string of the molecule is COc1ccc([C@@H]2CC=C(C(=O)O)[C@H](c3ccc(C)cc3)N2S(=O)(=O)c2ccc(C)cc2)cc1OC. The third-order valence-corrected chi connectivity index (χ3v) is 8.33. The van der Waals surface area contributed by atoms with Crippen LogP contribution in [0.5, 0.6) is 11.5 Å². The molecule has 7 nitrogen and oxygen atoms in total. The second-order valence-corrected chi connectivity index (χ2v) is 10.6. The summed E-state index contributed by atoms with van der Waals surface area (Å²) < 4.78 is 40.6. The molecule has 1 aliphatic rings. The van der Waals surface area contributed by atoms with Gasteiger partial charge in [-0.15, -0.1) is 0 Å². The minimum Gasteiger partial charge on any atom is -0.493 e. The van der Waals surface area contributed by atoms with Crippen LogP contribution in [-0.4, -0.2) is 38.0 Å². The maximum Gasteiger partial charge on any atom is 0.333 e. The van der Waals surface area contributed by atoms with Crippen molar-refractivity contribution in [2.24, 2.45) is 0 Å². The van der Waals surface area contributed by atoms with E-state index in [0.717, 1.165) is 11.1 Å². The van der Waals surface area contributed by atoms with Gasteiger partial charge in [0.2, 0.25) is 10.0 Å². The van der Waals surface area contributed by atoms with Gasteiger partial charge in [-0.25, -0.2) is 13.2 Å². The standard InChI is InChI=1S/C28H29NO6S/c1-18-5-9-20(10-6-18)27-23(28(30)31)14-15-24(21-11-16-25(34-3)26(17-21)35-4)29(27)36(32,33)22-12-7-19(2)8-13-22/h5-14,16-17,24,27H,15H2,1-4H3,(H,30,31)/t24-,27-/m0/s1. The smallest absolute Gasteiger partial charge is 0.333 e. The Hall–Kier alpha value is -3.62. The number of rotatable bonds is 7. The summed E-state index contributed by atoms with van der Waals surface area (Å²) in [7, 11) is -1.08. The normalized spacial score (nSPS) is 18.4. The lowest BCUT2D eigenvalue weighted by molar-refractivity contribution is -0.133. The van der Waals surface area contributed by atoms with E-state index in [-0.39, 0.29) is 16.9 Å². The Kier molecular flexibility index (Phi) is 7.19. The van der Waals surface area contributed by atoms with Crippen LogP contribution in [0.3, 0.4) is 0 Å². The Morgan fingerprint density at radius 1 is 0.861 bits per heavy atom. The molecule has 4 rings (SSSR count). The minimum atomic E-state index is -4.13. The van der Waals surface area contributed by atoms with Gasteiger partial charge in [-0.2, -0.15) is 4.31 Å². The van der Waals surface area contributed by atoms with E-state index in [0.29, 0.717) is 22.6 Å². The zero-order chi connectivity index (χ0) is 26.0. The molecular formula is C28H29NO6S. The summed E-state index contributed by atoms with van der Waals surface area (Å²) in [4.78, 5) is 12.5. The number of aliphatic carboxylic acids is 1. The number of hydrogen-bond acceptors (Lipinski definition) is 5. The average Bonchev–Trinajstić information content (AvgIpc) is 2.88. The largest absolute Gasteiger partial charge is 0.493 e. The highest BCUT2D eigenvalue weighted by atomic mass is 32.2. The van der Waals surface area contributed by atoms with E-state index in [1.54, 1.807) is 60.7 Å². The van der Waals surface area contributed by atoms with Crippen LogP contribution in [0.25, 0.3) is 0 Å². The molecule has 1 N–H and O–H groups in total. The highest BCUT2D eigenvalue weighted by molar-refractivity contribution is 7.89. The molecule has 0 bridgehead atoms. The highest BCUT2D eigenvalue weighted by Crippen LogP contribution is 2.46. The number of aryl methyl sites for hydroxylation is 2. The first-order valence-electron chi connectivity index (χ1n) is 11.5. The zero-order valence-corrected chi connectivity index (χ0v) is 21.5. The van der Waals surface area contributed by atoms with Crippen LogP contribution in [-0.2, 0) is 14.8 Å². The van der Waals surface area contributed by atoms with Gasteiger partial charge in [-0.05, 0) is 55.7 Å². The van der Waals surface area contributed by atoms with Gasteiger partial charge in [0.1, 0.15) is 0 Å². The molecule has 0 saturated heterocycles. The van der Waals surface area contributed by atoms with Crippen LogP contribution in [0.2, 0.25) is 0 Å². The first-order valence-corrected chi connectivity index (χ1v) is 12.9. The summed E-state index contributed by atoms with van der Waals surface area (Å²) >= 11 is 0. The Balaban J connectivity index is 1.97. The van der Waals surface area contributed by atoms with Crippen LogP contribution in [0.1, 0.15) is 40.8 Å². The Labute approximate surface area is 211 Å². The number of hydrogen-bond donors (Lipinski definition) is 1. The monoisotopic (exact) mass is 507 g/mol. The third kappa shape index (κ3) is 4.74. The Bertz CT molecular complexity index is 1390. The van der Waals surface area contributed by atoms with Crippen LogP contribution < -0.4 is 9.47 Å². The van der Waals surface area contributed by atoms with Gasteiger partial charge in [0, 0.05) is 0 Å². The molecule has 0 spiro atoms. The first kappa shape index (κ1) is 25.5. The van der Waals surface area contributed by atoms with E-state index in [9.17, 15) is 18.3 Å². The summed E-state index contributed by atoms with van der Waals surface area (Å²) in [6.45, 7) is 3.80. The third-order valence-electron chi connectivity index (χ3n) is 6.45. The number of nitrogens with zero attached hydrogens (tertiary/aromatic N) is 1. The molecule has 0 radical (unpaired) electrons. The molecular weight excluding hydrogens is 478 g/mol. The van der Waals surface area contributed by atoms with Gasteiger partial charge in [0.15, 0.2) is 11.5 Å². The second kappa shape index (κ2) is 10.2. The van der Waals surface area contributed by atoms with E-state index in [1.807, 2.05) is 26.0 Å². The fourth-order valence-corrected chi connectivity index (χ4v) is 6.31. The Morgan fingerprint density at radius 2 is 1.42 bits per heavy atom. The maximum absolute atomic E-state index is 14.2. The quantitative estimate of drug-likeness (QED) is 0.472. The molecule has 0 saturated carbocycles. The summed E-state index contributed by atoms with van der Waals surface area (Å²) in [6, 6.07) is 17.4. The van der Waals surface area contributed by atoms with Crippen molar-refractivity contribution >= 4 is 16.0 Å². The van der Waals surface area contributed by atoms with Crippen LogP contribution in [0, 0.1) is 13.8 Å². The predicted octanol–water partition coefficient (Wildman–Crippen LogP) is 5.21. The lowest BCUT2D eigenvalue weighted by atomic mass is 9.89. The molecule has 3 aromatic rings. The highest BCUT2D eigenvalue weighted by Gasteiger charge is 2.44. The van der Waals surface area contributed by atoms with E-state index in [2.05, 4.69) is 0 Å². The number of benzene rings is 3. The van der Waals surface area contributed by atoms with Crippen molar-refractivity contribution in [3.8, 4) is 11.5 Å². The van der Waals surface area contributed by atoms with Gasteiger partial charge in [0.25, 0.3) is 0 Å². The van der Waals surface area contributed by atoms with E-state index in [4.69, 9.17) is 9.47 Å². The van der Waals surface area contributed by atoms with Crippen molar-refractivity contribution in [3.05, 3.63) is 101 Å².